The minimum Gasteiger partial charge on any atom is -0.493 e. The Bertz CT molecular complexity index is 483. The second kappa shape index (κ2) is 6.84. The molecule has 20 heavy (non-hydrogen) atoms. The molecule has 2 rings (SSSR count). The topological polar surface area (TPSA) is 55.8 Å². The fourth-order valence-electron chi connectivity index (χ4n) is 2.04. The highest BCUT2D eigenvalue weighted by atomic mass is 35.5. The van der Waals surface area contributed by atoms with Crippen molar-refractivity contribution in [3.05, 3.63) is 22.7 Å². The summed E-state index contributed by atoms with van der Waals surface area (Å²) in [4.78, 5) is 10.6. The van der Waals surface area contributed by atoms with Gasteiger partial charge in [-0.05, 0) is 43.7 Å². The van der Waals surface area contributed by atoms with Crippen molar-refractivity contribution in [2.24, 2.45) is 5.92 Å². The Morgan fingerprint density at radius 1 is 1.45 bits per heavy atom. The Morgan fingerprint density at radius 2 is 2.20 bits per heavy atom. The molecule has 1 saturated carbocycles. The van der Waals surface area contributed by atoms with Crippen molar-refractivity contribution >= 4 is 17.6 Å². The molecule has 0 bridgehead atoms. The molecule has 0 radical (unpaired) electrons. The Labute approximate surface area is 123 Å². The van der Waals surface area contributed by atoms with Gasteiger partial charge >= 0.3 is 5.97 Å². The monoisotopic (exact) mass is 298 g/mol. The summed E-state index contributed by atoms with van der Waals surface area (Å²) in [5.74, 6) is 1.15. The number of hydrogen-bond acceptors (Lipinski definition) is 3. The van der Waals surface area contributed by atoms with Crippen LogP contribution in [-0.2, 0) is 11.2 Å². The van der Waals surface area contributed by atoms with Gasteiger partial charge in [-0.1, -0.05) is 11.6 Å². The molecule has 1 aromatic rings. The lowest BCUT2D eigenvalue weighted by Crippen LogP contribution is -2.05. The summed E-state index contributed by atoms with van der Waals surface area (Å²) in [5.41, 5.74) is 0.841. The molecule has 5 heteroatoms. The fourth-order valence-corrected chi connectivity index (χ4v) is 2.28. The van der Waals surface area contributed by atoms with E-state index in [1.54, 1.807) is 19.2 Å². The Hall–Kier alpha value is -1.42. The largest absolute Gasteiger partial charge is 0.493 e. The first kappa shape index (κ1) is 15.0. The number of carboxylic acids is 1. The molecule has 1 N–H and O–H groups in total. The van der Waals surface area contributed by atoms with Crippen LogP contribution in [0.15, 0.2) is 12.1 Å². The van der Waals surface area contributed by atoms with Gasteiger partial charge < -0.3 is 14.6 Å². The second-order valence-electron chi connectivity index (χ2n) is 5.06. The van der Waals surface area contributed by atoms with Crippen LogP contribution < -0.4 is 9.47 Å². The number of ether oxygens (including phenoxy) is 2. The molecular formula is C15H19ClO4. The molecule has 1 fully saturated rings. The first-order valence-electron chi connectivity index (χ1n) is 6.81. The SMILES string of the molecule is COc1ccc(Cl)c(CCCC(=O)O)c1OCC1CC1. The van der Waals surface area contributed by atoms with Crippen LogP contribution in [0.3, 0.4) is 0 Å². The van der Waals surface area contributed by atoms with Crippen LogP contribution in [0.5, 0.6) is 11.5 Å². The first-order chi connectivity index (χ1) is 9.61. The average Bonchev–Trinajstić information content (AvgIpc) is 3.22. The highest BCUT2D eigenvalue weighted by Crippen LogP contribution is 2.39. The molecule has 1 aliphatic carbocycles. The van der Waals surface area contributed by atoms with Crippen molar-refractivity contribution in [3.8, 4) is 11.5 Å². The number of halogens is 1. The number of carbonyl (C=O) groups is 1. The van der Waals surface area contributed by atoms with E-state index < -0.39 is 5.97 Å². The van der Waals surface area contributed by atoms with E-state index in [-0.39, 0.29) is 6.42 Å². The highest BCUT2D eigenvalue weighted by molar-refractivity contribution is 6.31. The normalized spacial score (nSPS) is 14.1. The molecule has 0 saturated heterocycles. The van der Waals surface area contributed by atoms with Gasteiger partial charge in [0.25, 0.3) is 0 Å². The number of benzene rings is 1. The van der Waals surface area contributed by atoms with Gasteiger partial charge in [0.2, 0.25) is 0 Å². The van der Waals surface area contributed by atoms with Crippen molar-refractivity contribution in [2.45, 2.75) is 32.1 Å². The van der Waals surface area contributed by atoms with Gasteiger partial charge in [0.1, 0.15) is 0 Å². The molecule has 4 nitrogen and oxygen atoms in total. The van der Waals surface area contributed by atoms with E-state index in [4.69, 9.17) is 26.2 Å². The maximum Gasteiger partial charge on any atom is 0.303 e. The number of hydrogen-bond donors (Lipinski definition) is 1. The maximum atomic E-state index is 10.6. The van der Waals surface area contributed by atoms with Crippen molar-refractivity contribution in [2.75, 3.05) is 13.7 Å². The van der Waals surface area contributed by atoms with Crippen LogP contribution in [0, 0.1) is 5.92 Å². The third-order valence-electron chi connectivity index (χ3n) is 3.36. The molecule has 0 unspecified atom stereocenters. The van der Waals surface area contributed by atoms with Gasteiger partial charge in [-0.2, -0.15) is 0 Å². The smallest absolute Gasteiger partial charge is 0.303 e. The van der Waals surface area contributed by atoms with Gasteiger partial charge in [-0.15, -0.1) is 0 Å². The van der Waals surface area contributed by atoms with E-state index >= 15 is 0 Å². The third-order valence-corrected chi connectivity index (χ3v) is 3.72. The zero-order valence-electron chi connectivity index (χ0n) is 11.5. The number of carboxylic acid groups (broad SMARTS) is 1. The van der Waals surface area contributed by atoms with E-state index in [1.807, 2.05) is 0 Å². The van der Waals surface area contributed by atoms with Crippen LogP contribution in [0.25, 0.3) is 0 Å². The molecule has 0 aromatic heterocycles. The lowest BCUT2D eigenvalue weighted by Gasteiger charge is -2.16. The molecule has 0 spiro atoms. The molecule has 1 aromatic carbocycles. The predicted molar refractivity (Wildman–Crippen MR) is 76.8 cm³/mol. The summed E-state index contributed by atoms with van der Waals surface area (Å²) in [6, 6.07) is 3.55. The Kier molecular flexibility index (Phi) is 5.12. The summed E-state index contributed by atoms with van der Waals surface area (Å²) >= 11 is 6.22. The second-order valence-corrected chi connectivity index (χ2v) is 5.47. The third kappa shape index (κ3) is 4.04. The Balaban J connectivity index is 2.13. The molecule has 0 atom stereocenters. The quantitative estimate of drug-likeness (QED) is 0.797. The van der Waals surface area contributed by atoms with E-state index in [1.165, 1.54) is 12.8 Å². The lowest BCUT2D eigenvalue weighted by atomic mass is 10.1. The van der Waals surface area contributed by atoms with Crippen molar-refractivity contribution < 1.29 is 19.4 Å². The van der Waals surface area contributed by atoms with Crippen LogP contribution in [0.2, 0.25) is 5.02 Å². The molecular weight excluding hydrogens is 280 g/mol. The van der Waals surface area contributed by atoms with Gasteiger partial charge in [0.15, 0.2) is 11.5 Å². The van der Waals surface area contributed by atoms with E-state index in [0.717, 1.165) is 5.56 Å². The van der Waals surface area contributed by atoms with Crippen molar-refractivity contribution in [1.29, 1.82) is 0 Å². The van der Waals surface area contributed by atoms with Gasteiger partial charge in [-0.3, -0.25) is 4.79 Å². The highest BCUT2D eigenvalue weighted by Gasteiger charge is 2.24. The van der Waals surface area contributed by atoms with Crippen molar-refractivity contribution in [3.63, 3.8) is 0 Å². The van der Waals surface area contributed by atoms with E-state index in [9.17, 15) is 4.79 Å². The van der Waals surface area contributed by atoms with E-state index in [0.29, 0.717) is 41.9 Å². The maximum absolute atomic E-state index is 10.6. The minimum atomic E-state index is -0.801. The van der Waals surface area contributed by atoms with Crippen LogP contribution in [-0.4, -0.2) is 24.8 Å². The van der Waals surface area contributed by atoms with Gasteiger partial charge in [0.05, 0.1) is 13.7 Å². The number of methoxy groups -OCH3 is 1. The summed E-state index contributed by atoms with van der Waals surface area (Å²) < 4.78 is 11.2. The molecule has 0 heterocycles. The number of aliphatic carboxylic acids is 1. The van der Waals surface area contributed by atoms with Crippen LogP contribution in [0.4, 0.5) is 0 Å². The zero-order chi connectivity index (χ0) is 14.5. The molecule has 110 valence electrons. The average molecular weight is 299 g/mol. The summed E-state index contributed by atoms with van der Waals surface area (Å²) in [6.07, 6.45) is 3.63. The van der Waals surface area contributed by atoms with Gasteiger partial charge in [0, 0.05) is 17.0 Å². The van der Waals surface area contributed by atoms with Gasteiger partial charge in [-0.25, -0.2) is 0 Å². The summed E-state index contributed by atoms with van der Waals surface area (Å²) in [6.45, 7) is 0.669. The predicted octanol–water partition coefficient (Wildman–Crippen LogP) is 3.54. The van der Waals surface area contributed by atoms with Crippen molar-refractivity contribution in [1.82, 2.24) is 0 Å². The molecule has 1 aliphatic rings. The Morgan fingerprint density at radius 3 is 2.80 bits per heavy atom. The standard InChI is InChI=1S/C15H19ClO4/c1-19-13-8-7-12(16)11(3-2-4-14(17)18)15(13)20-9-10-5-6-10/h7-8,10H,2-6,9H2,1H3,(H,17,18). The summed E-state index contributed by atoms with van der Waals surface area (Å²) in [5, 5.41) is 9.33. The number of rotatable bonds is 8. The zero-order valence-corrected chi connectivity index (χ0v) is 12.3. The molecule has 0 amide bonds. The first-order valence-corrected chi connectivity index (χ1v) is 7.19. The van der Waals surface area contributed by atoms with Crippen LogP contribution in [0.1, 0.15) is 31.2 Å². The minimum absolute atomic E-state index is 0.121. The lowest BCUT2D eigenvalue weighted by molar-refractivity contribution is -0.137. The van der Waals surface area contributed by atoms with Crippen LogP contribution >= 0.6 is 11.6 Å². The van der Waals surface area contributed by atoms with E-state index in [2.05, 4.69) is 0 Å². The molecule has 0 aliphatic heterocycles. The summed E-state index contributed by atoms with van der Waals surface area (Å²) in [7, 11) is 1.59. The fraction of sp³-hybridized carbons (Fsp3) is 0.533.